The van der Waals surface area contributed by atoms with Gasteiger partial charge in [-0.15, -0.1) is 0 Å². The van der Waals surface area contributed by atoms with Crippen LogP contribution in [0.5, 0.6) is 17.2 Å². The van der Waals surface area contributed by atoms with Gasteiger partial charge in [0.25, 0.3) is 0 Å². The summed E-state index contributed by atoms with van der Waals surface area (Å²) in [6.45, 7) is -0.862. The van der Waals surface area contributed by atoms with Gasteiger partial charge in [0, 0.05) is 23.7 Å². The summed E-state index contributed by atoms with van der Waals surface area (Å²) in [6, 6.07) is 10.3. The highest BCUT2D eigenvalue weighted by molar-refractivity contribution is 7.92. The number of carbonyl (C=O) groups excluding carboxylic acids is 1. The smallest absolute Gasteiger partial charge is 0.387 e. The second kappa shape index (κ2) is 9.29. The fraction of sp³-hybridized carbons (Fsp3) is 0.350. The number of sulfone groups is 1. The third-order valence-corrected chi connectivity index (χ3v) is 6.47. The van der Waals surface area contributed by atoms with Gasteiger partial charge in [-0.05, 0) is 25.1 Å². The fourth-order valence-corrected chi connectivity index (χ4v) is 4.13. The molecule has 1 atom stereocenters. The molecule has 1 aliphatic heterocycles. The van der Waals surface area contributed by atoms with Gasteiger partial charge in [-0.2, -0.15) is 8.78 Å². The monoisotopic (exact) mass is 441 g/mol. The van der Waals surface area contributed by atoms with Crippen molar-refractivity contribution in [1.82, 2.24) is 0 Å². The van der Waals surface area contributed by atoms with E-state index < -0.39 is 33.4 Å². The predicted octanol–water partition coefficient (Wildman–Crippen LogP) is 3.39. The lowest BCUT2D eigenvalue weighted by Gasteiger charge is -2.16. The van der Waals surface area contributed by atoms with Crippen LogP contribution >= 0.6 is 0 Å². The lowest BCUT2D eigenvalue weighted by molar-refractivity contribution is -0.115. The van der Waals surface area contributed by atoms with Gasteiger partial charge in [0.15, 0.2) is 21.3 Å². The maximum absolute atomic E-state index is 12.7. The van der Waals surface area contributed by atoms with Crippen molar-refractivity contribution in [3.63, 3.8) is 0 Å². The van der Waals surface area contributed by atoms with Crippen molar-refractivity contribution in [3.05, 3.63) is 48.0 Å². The largest absolute Gasteiger partial charge is 0.490 e. The number of hydrogen-bond acceptors (Lipinski definition) is 6. The van der Waals surface area contributed by atoms with Crippen molar-refractivity contribution >= 4 is 21.4 Å². The number of alkyl halides is 2. The number of anilines is 1. The maximum atomic E-state index is 12.7. The van der Waals surface area contributed by atoms with Crippen LogP contribution in [0.4, 0.5) is 14.5 Å². The molecule has 0 unspecified atom stereocenters. The minimum Gasteiger partial charge on any atom is -0.490 e. The predicted molar refractivity (Wildman–Crippen MR) is 106 cm³/mol. The topological polar surface area (TPSA) is 90.9 Å². The van der Waals surface area contributed by atoms with Crippen molar-refractivity contribution in [1.29, 1.82) is 0 Å². The normalized spacial score (nSPS) is 14.7. The Kier molecular flexibility index (Phi) is 6.76. The molecule has 2 aromatic rings. The van der Waals surface area contributed by atoms with Gasteiger partial charge in [0.2, 0.25) is 5.91 Å². The lowest BCUT2D eigenvalue weighted by Crippen LogP contribution is -2.33. The van der Waals surface area contributed by atoms with Gasteiger partial charge in [0.05, 0.1) is 19.0 Å². The van der Waals surface area contributed by atoms with Crippen LogP contribution in [-0.4, -0.2) is 39.4 Å². The van der Waals surface area contributed by atoms with Crippen molar-refractivity contribution in [2.24, 2.45) is 0 Å². The summed E-state index contributed by atoms with van der Waals surface area (Å²) in [5.74, 6) is -0.616. The molecule has 3 rings (SSSR count). The summed E-state index contributed by atoms with van der Waals surface area (Å²) in [7, 11) is -4.01. The first kappa shape index (κ1) is 21.8. The van der Waals surface area contributed by atoms with Crippen LogP contribution < -0.4 is 19.5 Å². The van der Waals surface area contributed by atoms with Gasteiger partial charge < -0.3 is 19.5 Å². The van der Waals surface area contributed by atoms with Crippen LogP contribution in [0.15, 0.2) is 42.5 Å². The highest BCUT2D eigenvalue weighted by Crippen LogP contribution is 2.32. The summed E-state index contributed by atoms with van der Waals surface area (Å²) in [4.78, 5) is 12.5. The molecule has 162 valence electrons. The van der Waals surface area contributed by atoms with Crippen molar-refractivity contribution < 1.29 is 36.2 Å². The first-order valence-corrected chi connectivity index (χ1v) is 10.9. The molecular weight excluding hydrogens is 420 g/mol. The SMILES string of the molecule is C[C@H](C(=O)Nc1ccc2c(c1)OCCCO2)S(=O)(=O)Cc1ccccc1OC(F)F. The van der Waals surface area contributed by atoms with E-state index in [1.54, 1.807) is 18.2 Å². The van der Waals surface area contributed by atoms with Crippen LogP contribution in [0.3, 0.4) is 0 Å². The quantitative estimate of drug-likeness (QED) is 0.708. The molecule has 0 radical (unpaired) electrons. The van der Waals surface area contributed by atoms with E-state index in [1.165, 1.54) is 31.2 Å². The van der Waals surface area contributed by atoms with Crippen molar-refractivity contribution in [2.45, 2.75) is 31.0 Å². The summed E-state index contributed by atoms with van der Waals surface area (Å²) >= 11 is 0. The minimum atomic E-state index is -4.01. The number of para-hydroxylation sites is 1. The summed E-state index contributed by atoms with van der Waals surface area (Å²) in [5, 5.41) is 1.12. The Morgan fingerprint density at radius 2 is 1.83 bits per heavy atom. The third kappa shape index (κ3) is 5.38. The summed E-state index contributed by atoms with van der Waals surface area (Å²) in [5.41, 5.74) is 0.403. The van der Waals surface area contributed by atoms with E-state index in [4.69, 9.17) is 9.47 Å². The first-order chi connectivity index (χ1) is 14.3. The zero-order valence-electron chi connectivity index (χ0n) is 16.1. The first-order valence-electron chi connectivity index (χ1n) is 9.21. The number of benzene rings is 2. The van der Waals surface area contributed by atoms with Crippen LogP contribution in [0, 0.1) is 0 Å². The lowest BCUT2D eigenvalue weighted by atomic mass is 10.2. The van der Waals surface area contributed by atoms with Gasteiger partial charge >= 0.3 is 6.61 Å². The molecule has 0 spiro atoms. The van der Waals surface area contributed by atoms with Crippen LogP contribution in [0.1, 0.15) is 18.9 Å². The molecule has 10 heteroatoms. The fourth-order valence-electron chi connectivity index (χ4n) is 2.82. The van der Waals surface area contributed by atoms with Gasteiger partial charge in [-0.25, -0.2) is 8.42 Å². The van der Waals surface area contributed by atoms with E-state index in [0.717, 1.165) is 6.42 Å². The number of nitrogens with one attached hydrogen (secondary N) is 1. The Morgan fingerprint density at radius 1 is 1.13 bits per heavy atom. The Bertz CT molecular complexity index is 1010. The second-order valence-electron chi connectivity index (χ2n) is 6.64. The zero-order valence-corrected chi connectivity index (χ0v) is 17.0. The average Bonchev–Trinajstić information content (AvgIpc) is 2.93. The molecule has 0 aromatic heterocycles. The second-order valence-corrected chi connectivity index (χ2v) is 8.96. The molecule has 0 saturated carbocycles. The van der Waals surface area contributed by atoms with Crippen LogP contribution in [0.2, 0.25) is 0 Å². The average molecular weight is 441 g/mol. The maximum Gasteiger partial charge on any atom is 0.387 e. The van der Waals surface area contributed by atoms with Gasteiger partial charge in [-0.1, -0.05) is 18.2 Å². The van der Waals surface area contributed by atoms with Gasteiger partial charge in [0.1, 0.15) is 11.0 Å². The Morgan fingerprint density at radius 3 is 2.57 bits per heavy atom. The Labute approximate surface area is 172 Å². The van der Waals surface area contributed by atoms with E-state index in [0.29, 0.717) is 30.4 Å². The number of ether oxygens (including phenoxy) is 3. The number of amides is 1. The van der Waals surface area contributed by atoms with Crippen molar-refractivity contribution in [2.75, 3.05) is 18.5 Å². The number of hydrogen-bond donors (Lipinski definition) is 1. The summed E-state index contributed by atoms with van der Waals surface area (Å²) in [6.07, 6.45) is 0.725. The molecule has 1 N–H and O–H groups in total. The molecule has 30 heavy (non-hydrogen) atoms. The third-order valence-electron chi connectivity index (χ3n) is 4.47. The van der Waals surface area contributed by atoms with E-state index >= 15 is 0 Å². The number of rotatable bonds is 7. The summed E-state index contributed by atoms with van der Waals surface area (Å²) < 4.78 is 65.9. The molecule has 0 aliphatic carbocycles. The van der Waals surface area contributed by atoms with Crippen LogP contribution in [-0.2, 0) is 20.4 Å². The van der Waals surface area contributed by atoms with Gasteiger partial charge in [-0.3, -0.25) is 4.79 Å². The molecule has 0 bridgehead atoms. The molecule has 1 aliphatic rings. The van der Waals surface area contributed by atoms with E-state index in [1.807, 2.05) is 0 Å². The van der Waals surface area contributed by atoms with E-state index in [2.05, 4.69) is 10.1 Å². The molecule has 0 saturated heterocycles. The van der Waals surface area contributed by atoms with E-state index in [-0.39, 0.29) is 11.3 Å². The molecule has 1 amide bonds. The zero-order chi connectivity index (χ0) is 21.7. The number of halogens is 2. The van der Waals surface area contributed by atoms with Crippen LogP contribution in [0.25, 0.3) is 0 Å². The highest BCUT2D eigenvalue weighted by atomic mass is 32.2. The molecule has 2 aromatic carbocycles. The molecule has 0 fully saturated rings. The Hall–Kier alpha value is -2.88. The standard InChI is InChI=1S/C20H21F2NO6S/c1-13(30(25,26)12-14-5-2-3-6-16(14)29-20(21)22)19(24)23-15-7-8-17-18(11-15)28-10-4-9-27-17/h2-3,5-8,11,13,20H,4,9-10,12H2,1H3,(H,23,24)/t13-/m1/s1. The Balaban J connectivity index is 1.72. The number of fused-ring (bicyclic) bond motifs is 1. The molecule has 7 nitrogen and oxygen atoms in total. The minimum absolute atomic E-state index is 0.0491. The van der Waals surface area contributed by atoms with Crippen molar-refractivity contribution in [3.8, 4) is 17.2 Å². The number of carbonyl (C=O) groups is 1. The molecule has 1 heterocycles. The van der Waals surface area contributed by atoms with E-state index in [9.17, 15) is 22.0 Å². The molecular formula is C20H21F2NO6S. The highest BCUT2D eigenvalue weighted by Gasteiger charge is 2.30.